The quantitative estimate of drug-likeness (QED) is 0.598. The Hall–Kier alpha value is -2.26. The molecule has 3 rings (SSSR count). The zero-order chi connectivity index (χ0) is 12.2. The molecule has 0 bridgehead atoms. The van der Waals surface area contributed by atoms with E-state index < -0.39 is 0 Å². The Labute approximate surface area is 108 Å². The first-order valence-electron chi connectivity index (χ1n) is 6.27. The molecule has 0 heterocycles. The Kier molecular flexibility index (Phi) is 2.98. The van der Waals surface area contributed by atoms with Crippen LogP contribution in [-0.2, 0) is 6.42 Å². The third-order valence-electron chi connectivity index (χ3n) is 3.19. The van der Waals surface area contributed by atoms with E-state index in [2.05, 4.69) is 42.2 Å². The van der Waals surface area contributed by atoms with Crippen molar-refractivity contribution in [2.75, 3.05) is 0 Å². The number of benzene rings is 2. The minimum atomic E-state index is 1.05. The molecule has 0 spiro atoms. The van der Waals surface area contributed by atoms with Gasteiger partial charge in [0.2, 0.25) is 0 Å². The number of fused-ring (bicyclic) bond motifs is 1. The van der Waals surface area contributed by atoms with Crippen LogP contribution in [0.3, 0.4) is 0 Å². The van der Waals surface area contributed by atoms with Gasteiger partial charge in [0.05, 0.1) is 0 Å². The van der Waals surface area contributed by atoms with E-state index in [4.69, 9.17) is 0 Å². The molecule has 0 amide bonds. The molecule has 0 nitrogen and oxygen atoms in total. The summed E-state index contributed by atoms with van der Waals surface area (Å²) in [4.78, 5) is 0. The molecule has 0 aromatic heterocycles. The summed E-state index contributed by atoms with van der Waals surface area (Å²) in [6, 6.07) is 18.7. The summed E-state index contributed by atoms with van der Waals surface area (Å²) in [6.45, 7) is 0. The molecule has 2 aromatic rings. The van der Waals surface area contributed by atoms with Gasteiger partial charge in [0.15, 0.2) is 0 Å². The smallest absolute Gasteiger partial charge is 0.0248 e. The first-order valence-corrected chi connectivity index (χ1v) is 6.27. The van der Waals surface area contributed by atoms with Gasteiger partial charge in [0.1, 0.15) is 0 Å². The van der Waals surface area contributed by atoms with Gasteiger partial charge in [0, 0.05) is 11.1 Å². The van der Waals surface area contributed by atoms with Gasteiger partial charge in [-0.3, -0.25) is 0 Å². The molecule has 0 saturated carbocycles. The van der Waals surface area contributed by atoms with Crippen molar-refractivity contribution in [2.45, 2.75) is 12.8 Å². The minimum absolute atomic E-state index is 1.05. The summed E-state index contributed by atoms with van der Waals surface area (Å²) >= 11 is 0. The van der Waals surface area contributed by atoms with Crippen LogP contribution in [0.1, 0.15) is 23.1 Å². The second-order valence-electron chi connectivity index (χ2n) is 4.48. The molecule has 0 unspecified atom stereocenters. The van der Waals surface area contributed by atoms with E-state index in [1.165, 1.54) is 16.7 Å². The van der Waals surface area contributed by atoms with Crippen molar-refractivity contribution in [3.8, 4) is 11.8 Å². The molecular formula is C18H14. The molecule has 2 aromatic carbocycles. The first-order chi connectivity index (χ1) is 8.92. The van der Waals surface area contributed by atoms with Crippen LogP contribution >= 0.6 is 0 Å². The molecule has 0 radical (unpaired) electrons. The fourth-order valence-electron chi connectivity index (χ4n) is 2.20. The molecule has 1 aliphatic carbocycles. The summed E-state index contributed by atoms with van der Waals surface area (Å²) in [5.41, 5.74) is 5.07. The van der Waals surface area contributed by atoms with Gasteiger partial charge in [-0.05, 0) is 42.2 Å². The van der Waals surface area contributed by atoms with Crippen LogP contribution in [0, 0.1) is 11.8 Å². The van der Waals surface area contributed by atoms with Gasteiger partial charge in [0.25, 0.3) is 0 Å². The molecule has 0 heteroatoms. The Morgan fingerprint density at radius 1 is 0.722 bits per heavy atom. The molecule has 0 saturated heterocycles. The van der Waals surface area contributed by atoms with Gasteiger partial charge in [-0.15, -0.1) is 0 Å². The van der Waals surface area contributed by atoms with Crippen molar-refractivity contribution in [1.82, 2.24) is 0 Å². The van der Waals surface area contributed by atoms with Crippen LogP contribution in [0.5, 0.6) is 0 Å². The summed E-state index contributed by atoms with van der Waals surface area (Å²) in [7, 11) is 0. The molecule has 0 aliphatic heterocycles. The standard InChI is InChI=1S/C18H14/c1-2-6-15(7-3-1)10-11-16-12-13-17-8-4-5-9-18(17)14-16/h1-9,14H,12-13H2. The summed E-state index contributed by atoms with van der Waals surface area (Å²) in [5, 5.41) is 0. The predicted octanol–water partition coefficient (Wildman–Crippen LogP) is 4.07. The second-order valence-corrected chi connectivity index (χ2v) is 4.48. The van der Waals surface area contributed by atoms with Crippen LogP contribution in [0.15, 0.2) is 60.2 Å². The van der Waals surface area contributed by atoms with E-state index >= 15 is 0 Å². The number of rotatable bonds is 0. The average molecular weight is 230 g/mol. The van der Waals surface area contributed by atoms with Crippen molar-refractivity contribution in [3.05, 3.63) is 76.9 Å². The van der Waals surface area contributed by atoms with Crippen molar-refractivity contribution in [3.63, 3.8) is 0 Å². The number of hydrogen-bond acceptors (Lipinski definition) is 0. The minimum Gasteiger partial charge on any atom is -0.0661 e. The largest absolute Gasteiger partial charge is 0.0661 e. The summed E-state index contributed by atoms with van der Waals surface area (Å²) < 4.78 is 0. The molecule has 0 N–H and O–H groups in total. The zero-order valence-electron chi connectivity index (χ0n) is 10.2. The highest BCUT2D eigenvalue weighted by Gasteiger charge is 2.07. The predicted molar refractivity (Wildman–Crippen MR) is 76.1 cm³/mol. The van der Waals surface area contributed by atoms with Crippen LogP contribution in [0.4, 0.5) is 0 Å². The Bertz CT molecular complexity index is 636. The van der Waals surface area contributed by atoms with E-state index in [-0.39, 0.29) is 0 Å². The maximum atomic E-state index is 3.29. The van der Waals surface area contributed by atoms with Crippen molar-refractivity contribution in [2.24, 2.45) is 0 Å². The number of aryl methyl sites for hydroxylation is 1. The monoisotopic (exact) mass is 230 g/mol. The Morgan fingerprint density at radius 2 is 1.50 bits per heavy atom. The lowest BCUT2D eigenvalue weighted by Gasteiger charge is -2.12. The third kappa shape index (κ3) is 2.36. The molecular weight excluding hydrogens is 216 g/mol. The Morgan fingerprint density at radius 3 is 2.39 bits per heavy atom. The molecule has 0 atom stereocenters. The highest BCUT2D eigenvalue weighted by atomic mass is 14.1. The van der Waals surface area contributed by atoms with E-state index in [1.807, 2.05) is 30.3 Å². The lowest BCUT2D eigenvalue weighted by atomic mass is 9.92. The normalized spacial score (nSPS) is 13.0. The topological polar surface area (TPSA) is 0 Å². The van der Waals surface area contributed by atoms with E-state index in [0.29, 0.717) is 0 Å². The second kappa shape index (κ2) is 4.94. The average Bonchev–Trinajstić information content (AvgIpc) is 2.46. The number of hydrogen-bond donors (Lipinski definition) is 0. The van der Waals surface area contributed by atoms with E-state index in [1.54, 1.807) is 0 Å². The molecule has 0 fully saturated rings. The third-order valence-corrected chi connectivity index (χ3v) is 3.19. The maximum Gasteiger partial charge on any atom is 0.0248 e. The number of allylic oxidation sites excluding steroid dienone is 1. The molecule has 86 valence electrons. The van der Waals surface area contributed by atoms with Gasteiger partial charge in [-0.25, -0.2) is 0 Å². The maximum absolute atomic E-state index is 3.29. The lowest BCUT2D eigenvalue weighted by Crippen LogP contribution is -1.97. The molecule has 1 aliphatic rings. The fourth-order valence-corrected chi connectivity index (χ4v) is 2.20. The summed E-state index contributed by atoms with van der Waals surface area (Å²) in [6.07, 6.45) is 4.37. The van der Waals surface area contributed by atoms with Gasteiger partial charge in [-0.1, -0.05) is 54.3 Å². The van der Waals surface area contributed by atoms with Gasteiger partial charge >= 0.3 is 0 Å². The van der Waals surface area contributed by atoms with E-state index in [9.17, 15) is 0 Å². The van der Waals surface area contributed by atoms with Crippen LogP contribution in [-0.4, -0.2) is 0 Å². The van der Waals surface area contributed by atoms with Gasteiger partial charge in [-0.2, -0.15) is 0 Å². The van der Waals surface area contributed by atoms with E-state index in [0.717, 1.165) is 18.4 Å². The summed E-state index contributed by atoms with van der Waals surface area (Å²) in [5.74, 6) is 6.52. The highest BCUT2D eigenvalue weighted by Crippen LogP contribution is 2.23. The van der Waals surface area contributed by atoms with Crippen LogP contribution in [0.2, 0.25) is 0 Å². The fraction of sp³-hybridized carbons (Fsp3) is 0.111. The first kappa shape index (κ1) is 10.9. The van der Waals surface area contributed by atoms with Crippen LogP contribution < -0.4 is 0 Å². The van der Waals surface area contributed by atoms with Crippen molar-refractivity contribution in [1.29, 1.82) is 0 Å². The van der Waals surface area contributed by atoms with Crippen molar-refractivity contribution >= 4 is 6.08 Å². The van der Waals surface area contributed by atoms with Gasteiger partial charge < -0.3 is 0 Å². The van der Waals surface area contributed by atoms with Crippen molar-refractivity contribution < 1.29 is 0 Å². The molecule has 18 heavy (non-hydrogen) atoms. The lowest BCUT2D eigenvalue weighted by molar-refractivity contribution is 0.957. The highest BCUT2D eigenvalue weighted by molar-refractivity contribution is 5.64. The van der Waals surface area contributed by atoms with Crippen LogP contribution in [0.25, 0.3) is 6.08 Å². The zero-order valence-corrected chi connectivity index (χ0v) is 10.2. The Balaban J connectivity index is 1.88. The SMILES string of the molecule is C(#Cc1ccccc1)C1=Cc2ccccc2CC1.